The van der Waals surface area contributed by atoms with Crippen LogP contribution in [0.3, 0.4) is 0 Å². The van der Waals surface area contributed by atoms with Crippen LogP contribution in [0.5, 0.6) is 0 Å². The molecular formula is C12H22ClN5S. The highest BCUT2D eigenvalue weighted by atomic mass is 35.5. The number of nitrogens with one attached hydrogen (secondary N) is 1. The third-order valence-electron chi connectivity index (χ3n) is 2.82. The number of nitrogens with zero attached hydrogens (tertiary/aromatic N) is 4. The summed E-state index contributed by atoms with van der Waals surface area (Å²) in [6.07, 6.45) is 4.15. The number of rotatable bonds is 8. The number of anilines is 2. The Morgan fingerprint density at radius 1 is 1.32 bits per heavy atom. The average Bonchev–Trinajstić information content (AvgIpc) is 2.41. The Hall–Kier alpha value is -0.750. The molecule has 0 amide bonds. The van der Waals surface area contributed by atoms with E-state index in [4.69, 9.17) is 11.6 Å². The first-order chi connectivity index (χ1) is 9.12. The standard InChI is InChI=1S/C12H22ClN5S/c1-5-7-14-11-15-10(13)16-12(17-11)18(3)9(6-2)8-19-4/h9H,5-8H2,1-4H3,(H,14,15,16,17). The molecule has 7 heteroatoms. The van der Waals surface area contributed by atoms with Crippen LogP contribution in [0.25, 0.3) is 0 Å². The van der Waals surface area contributed by atoms with Gasteiger partial charge < -0.3 is 10.2 Å². The molecular weight excluding hydrogens is 282 g/mol. The molecule has 1 rings (SSSR count). The third-order valence-corrected chi connectivity index (χ3v) is 3.71. The van der Waals surface area contributed by atoms with Gasteiger partial charge in [0.05, 0.1) is 0 Å². The second-order valence-electron chi connectivity index (χ2n) is 4.28. The Balaban J connectivity index is 2.88. The van der Waals surface area contributed by atoms with E-state index in [1.165, 1.54) is 0 Å². The monoisotopic (exact) mass is 303 g/mol. The molecule has 0 aromatic carbocycles. The maximum Gasteiger partial charge on any atom is 0.231 e. The number of halogens is 1. The van der Waals surface area contributed by atoms with Crippen LogP contribution in [0.2, 0.25) is 5.28 Å². The van der Waals surface area contributed by atoms with E-state index in [0.29, 0.717) is 17.9 Å². The van der Waals surface area contributed by atoms with E-state index in [-0.39, 0.29) is 5.28 Å². The predicted molar refractivity (Wildman–Crippen MR) is 84.5 cm³/mol. The minimum Gasteiger partial charge on any atom is -0.354 e. The van der Waals surface area contributed by atoms with E-state index in [2.05, 4.69) is 45.3 Å². The second kappa shape index (κ2) is 8.43. The Morgan fingerprint density at radius 3 is 2.63 bits per heavy atom. The molecule has 0 saturated carbocycles. The minimum absolute atomic E-state index is 0.231. The summed E-state index contributed by atoms with van der Waals surface area (Å²) < 4.78 is 0. The average molecular weight is 304 g/mol. The smallest absolute Gasteiger partial charge is 0.231 e. The number of thioether (sulfide) groups is 1. The molecule has 108 valence electrons. The van der Waals surface area contributed by atoms with Crippen LogP contribution in [0.15, 0.2) is 0 Å². The van der Waals surface area contributed by atoms with Crippen LogP contribution in [-0.2, 0) is 0 Å². The quantitative estimate of drug-likeness (QED) is 0.797. The van der Waals surface area contributed by atoms with Crippen LogP contribution < -0.4 is 10.2 Å². The highest BCUT2D eigenvalue weighted by Gasteiger charge is 2.17. The molecule has 0 radical (unpaired) electrons. The lowest BCUT2D eigenvalue weighted by atomic mass is 10.2. The van der Waals surface area contributed by atoms with Crippen LogP contribution in [0, 0.1) is 0 Å². The van der Waals surface area contributed by atoms with Gasteiger partial charge in [-0.1, -0.05) is 13.8 Å². The lowest BCUT2D eigenvalue weighted by Gasteiger charge is -2.26. The summed E-state index contributed by atoms with van der Waals surface area (Å²) in [7, 11) is 2.00. The highest BCUT2D eigenvalue weighted by molar-refractivity contribution is 7.98. The van der Waals surface area contributed by atoms with Gasteiger partial charge in [0.1, 0.15) is 0 Å². The fourth-order valence-corrected chi connectivity index (χ4v) is 2.67. The largest absolute Gasteiger partial charge is 0.354 e. The summed E-state index contributed by atoms with van der Waals surface area (Å²) in [6.45, 7) is 5.08. The lowest BCUT2D eigenvalue weighted by molar-refractivity contribution is 0.655. The Bertz CT molecular complexity index is 390. The van der Waals surface area contributed by atoms with Gasteiger partial charge in [-0.15, -0.1) is 0 Å². The maximum atomic E-state index is 5.96. The van der Waals surface area contributed by atoms with Crippen molar-refractivity contribution in [2.75, 3.05) is 35.8 Å². The van der Waals surface area contributed by atoms with Crippen molar-refractivity contribution in [3.05, 3.63) is 5.28 Å². The first kappa shape index (κ1) is 16.3. The minimum atomic E-state index is 0.231. The van der Waals surface area contributed by atoms with Crippen molar-refractivity contribution in [1.29, 1.82) is 0 Å². The fraction of sp³-hybridized carbons (Fsp3) is 0.750. The van der Waals surface area contributed by atoms with E-state index in [0.717, 1.165) is 25.1 Å². The van der Waals surface area contributed by atoms with Gasteiger partial charge in [-0.2, -0.15) is 26.7 Å². The zero-order chi connectivity index (χ0) is 14.3. The van der Waals surface area contributed by atoms with Gasteiger partial charge in [0.25, 0.3) is 0 Å². The van der Waals surface area contributed by atoms with Gasteiger partial charge in [0.15, 0.2) is 0 Å². The van der Waals surface area contributed by atoms with Crippen molar-refractivity contribution in [1.82, 2.24) is 15.0 Å². The Kier molecular flexibility index (Phi) is 7.23. The van der Waals surface area contributed by atoms with Crippen molar-refractivity contribution in [2.45, 2.75) is 32.7 Å². The zero-order valence-electron chi connectivity index (χ0n) is 12.0. The molecule has 0 aliphatic rings. The van der Waals surface area contributed by atoms with Gasteiger partial charge in [-0.05, 0) is 30.7 Å². The fourth-order valence-electron chi connectivity index (χ4n) is 1.67. The molecule has 19 heavy (non-hydrogen) atoms. The van der Waals surface area contributed by atoms with Crippen molar-refractivity contribution >= 4 is 35.3 Å². The van der Waals surface area contributed by atoms with Crippen molar-refractivity contribution in [2.24, 2.45) is 0 Å². The van der Waals surface area contributed by atoms with Gasteiger partial charge in [0, 0.05) is 25.4 Å². The molecule has 0 fully saturated rings. The number of hydrogen-bond donors (Lipinski definition) is 1. The molecule has 0 spiro atoms. The highest BCUT2D eigenvalue weighted by Crippen LogP contribution is 2.17. The number of hydrogen-bond acceptors (Lipinski definition) is 6. The molecule has 1 N–H and O–H groups in total. The van der Waals surface area contributed by atoms with E-state index < -0.39 is 0 Å². The van der Waals surface area contributed by atoms with Gasteiger partial charge in [-0.3, -0.25) is 0 Å². The molecule has 1 unspecified atom stereocenters. The second-order valence-corrected chi connectivity index (χ2v) is 5.53. The SMILES string of the molecule is CCCNc1nc(Cl)nc(N(C)C(CC)CSC)n1. The third kappa shape index (κ3) is 5.03. The summed E-state index contributed by atoms with van der Waals surface area (Å²) in [5.41, 5.74) is 0. The lowest BCUT2D eigenvalue weighted by Crippen LogP contribution is -2.34. The first-order valence-corrected chi connectivity index (χ1v) is 8.26. The molecule has 1 heterocycles. The summed E-state index contributed by atoms with van der Waals surface area (Å²) in [4.78, 5) is 14.8. The number of aromatic nitrogens is 3. The van der Waals surface area contributed by atoms with Crippen molar-refractivity contribution in [3.8, 4) is 0 Å². The zero-order valence-corrected chi connectivity index (χ0v) is 13.6. The van der Waals surface area contributed by atoms with Crippen molar-refractivity contribution in [3.63, 3.8) is 0 Å². The normalized spacial score (nSPS) is 12.3. The maximum absolute atomic E-state index is 5.96. The molecule has 1 aromatic rings. The summed E-state index contributed by atoms with van der Waals surface area (Å²) in [5, 5.41) is 3.37. The molecule has 0 saturated heterocycles. The summed E-state index contributed by atoms with van der Waals surface area (Å²) in [5.74, 6) is 2.20. The Labute approximate surface area is 124 Å². The molecule has 1 atom stereocenters. The van der Waals surface area contributed by atoms with Gasteiger partial charge in [0.2, 0.25) is 17.2 Å². The molecule has 0 aliphatic heterocycles. The van der Waals surface area contributed by atoms with E-state index in [1.54, 1.807) is 0 Å². The first-order valence-electron chi connectivity index (χ1n) is 6.49. The predicted octanol–water partition coefficient (Wildman–Crippen LogP) is 2.92. The van der Waals surface area contributed by atoms with Crippen LogP contribution in [0.1, 0.15) is 26.7 Å². The molecule has 5 nitrogen and oxygen atoms in total. The molecule has 0 aliphatic carbocycles. The summed E-state index contributed by atoms with van der Waals surface area (Å²) in [6, 6.07) is 0.396. The van der Waals surface area contributed by atoms with Crippen LogP contribution in [-0.4, -0.2) is 46.6 Å². The topological polar surface area (TPSA) is 53.9 Å². The van der Waals surface area contributed by atoms with Gasteiger partial charge >= 0.3 is 0 Å². The van der Waals surface area contributed by atoms with E-state index >= 15 is 0 Å². The van der Waals surface area contributed by atoms with Crippen molar-refractivity contribution < 1.29 is 0 Å². The van der Waals surface area contributed by atoms with E-state index in [1.807, 2.05) is 18.8 Å². The van der Waals surface area contributed by atoms with Crippen LogP contribution in [0.4, 0.5) is 11.9 Å². The van der Waals surface area contributed by atoms with Crippen LogP contribution >= 0.6 is 23.4 Å². The van der Waals surface area contributed by atoms with E-state index in [9.17, 15) is 0 Å². The Morgan fingerprint density at radius 2 is 2.05 bits per heavy atom. The molecule has 1 aromatic heterocycles. The molecule has 0 bridgehead atoms. The summed E-state index contributed by atoms with van der Waals surface area (Å²) >= 11 is 7.78. The van der Waals surface area contributed by atoms with Gasteiger partial charge in [-0.25, -0.2) is 0 Å².